The topological polar surface area (TPSA) is 93.2 Å². The van der Waals surface area contributed by atoms with Crippen molar-refractivity contribution in [3.05, 3.63) is 18.0 Å². The number of hydrogen-bond donors (Lipinski definition) is 2. The van der Waals surface area contributed by atoms with Gasteiger partial charge in [0.2, 0.25) is 11.8 Å². The van der Waals surface area contributed by atoms with Gasteiger partial charge < -0.3 is 16.0 Å². The monoisotopic (exact) mass is 407 g/mol. The zero-order chi connectivity index (χ0) is 17.9. The van der Waals surface area contributed by atoms with Gasteiger partial charge in [0.25, 0.3) is 0 Å². The smallest absolute Gasteiger partial charge is 0.225 e. The van der Waals surface area contributed by atoms with Gasteiger partial charge in [0.15, 0.2) is 0 Å². The molecule has 2 atom stereocenters. The van der Waals surface area contributed by atoms with Crippen LogP contribution in [0.5, 0.6) is 0 Å². The normalized spacial score (nSPS) is 20.2. The molecular weight excluding hydrogens is 377 g/mol. The average molecular weight is 408 g/mol. The zero-order valence-electron chi connectivity index (χ0n) is 15.9. The number of halogens is 2. The van der Waals surface area contributed by atoms with Crippen LogP contribution in [0.15, 0.2) is 12.4 Å². The summed E-state index contributed by atoms with van der Waals surface area (Å²) < 4.78 is 1.69. The van der Waals surface area contributed by atoms with Gasteiger partial charge in [-0.3, -0.25) is 14.3 Å². The number of aryl methyl sites for hydroxylation is 1. The van der Waals surface area contributed by atoms with E-state index in [4.69, 9.17) is 5.73 Å². The first kappa shape index (κ1) is 24.7. The summed E-state index contributed by atoms with van der Waals surface area (Å²) in [6, 6.07) is -0.282. The third-order valence-electron chi connectivity index (χ3n) is 5.29. The molecule has 2 unspecified atom stereocenters. The first-order valence-electron chi connectivity index (χ1n) is 8.62. The van der Waals surface area contributed by atoms with Crippen molar-refractivity contribution in [3.63, 3.8) is 0 Å². The molecule has 0 saturated carbocycles. The van der Waals surface area contributed by atoms with Crippen LogP contribution in [0.25, 0.3) is 0 Å². The number of amides is 2. The van der Waals surface area contributed by atoms with Gasteiger partial charge in [0.05, 0.1) is 18.2 Å². The molecule has 1 aromatic rings. The molecule has 7 nitrogen and oxygen atoms in total. The van der Waals surface area contributed by atoms with Gasteiger partial charge in [0, 0.05) is 44.4 Å². The Hall–Kier alpha value is -1.31. The van der Waals surface area contributed by atoms with E-state index in [2.05, 4.69) is 10.4 Å². The van der Waals surface area contributed by atoms with Crippen molar-refractivity contribution in [2.24, 2.45) is 18.7 Å². The van der Waals surface area contributed by atoms with Gasteiger partial charge >= 0.3 is 0 Å². The third kappa shape index (κ3) is 5.34. The van der Waals surface area contributed by atoms with E-state index in [1.54, 1.807) is 22.8 Å². The number of aromatic nitrogens is 2. The maximum atomic E-state index is 12.8. The van der Waals surface area contributed by atoms with Crippen LogP contribution in [0.4, 0.5) is 0 Å². The molecule has 26 heavy (non-hydrogen) atoms. The minimum atomic E-state index is -0.379. The highest BCUT2D eigenvalue weighted by Gasteiger charge is 2.39. The standard InChI is InChI=1S/C17H29N5O2.2ClH/c1-5-17(18,6-2)11-19-16(24)13-7-8-14(23)22(4)15(13)12-9-20-21(3)10-12;;/h9-10,13,15H,5-8,11,18H2,1-4H3,(H,19,24);2*1H. The summed E-state index contributed by atoms with van der Waals surface area (Å²) >= 11 is 0. The van der Waals surface area contributed by atoms with E-state index in [1.807, 2.05) is 27.1 Å². The van der Waals surface area contributed by atoms with Crippen molar-refractivity contribution in [2.45, 2.75) is 51.1 Å². The summed E-state index contributed by atoms with van der Waals surface area (Å²) in [4.78, 5) is 26.6. The van der Waals surface area contributed by atoms with Crippen molar-refractivity contribution in [1.29, 1.82) is 0 Å². The van der Waals surface area contributed by atoms with E-state index in [9.17, 15) is 9.59 Å². The van der Waals surface area contributed by atoms with Gasteiger partial charge in [-0.2, -0.15) is 5.10 Å². The molecule has 150 valence electrons. The third-order valence-corrected chi connectivity index (χ3v) is 5.29. The van der Waals surface area contributed by atoms with Crippen molar-refractivity contribution in [1.82, 2.24) is 20.0 Å². The number of piperidine rings is 1. The van der Waals surface area contributed by atoms with Gasteiger partial charge in [-0.15, -0.1) is 24.8 Å². The second-order valence-corrected chi connectivity index (χ2v) is 6.83. The lowest BCUT2D eigenvalue weighted by atomic mass is 9.84. The van der Waals surface area contributed by atoms with E-state index in [-0.39, 0.29) is 54.1 Å². The highest BCUT2D eigenvalue weighted by Crippen LogP contribution is 2.35. The molecule has 3 N–H and O–H groups in total. The Kier molecular flexibility index (Phi) is 9.62. The molecule has 1 aromatic heterocycles. The number of nitrogens with two attached hydrogens (primary N) is 1. The molecule has 0 aliphatic carbocycles. The maximum Gasteiger partial charge on any atom is 0.225 e. The van der Waals surface area contributed by atoms with Crippen LogP contribution in [0.3, 0.4) is 0 Å². The molecule has 0 radical (unpaired) electrons. The lowest BCUT2D eigenvalue weighted by molar-refractivity contribution is -0.141. The van der Waals surface area contributed by atoms with Crippen LogP contribution in [0.2, 0.25) is 0 Å². The Morgan fingerprint density at radius 2 is 1.96 bits per heavy atom. The Balaban J connectivity index is 0.00000312. The Bertz CT molecular complexity index is 604. The molecular formula is C17H31Cl2N5O2. The van der Waals surface area contributed by atoms with E-state index in [0.29, 0.717) is 19.4 Å². The van der Waals surface area contributed by atoms with Crippen molar-refractivity contribution in [2.75, 3.05) is 13.6 Å². The molecule has 2 heterocycles. The van der Waals surface area contributed by atoms with Gasteiger partial charge in [-0.05, 0) is 19.3 Å². The lowest BCUT2D eigenvalue weighted by Gasteiger charge is -2.38. The van der Waals surface area contributed by atoms with Crippen LogP contribution < -0.4 is 11.1 Å². The Morgan fingerprint density at radius 1 is 1.35 bits per heavy atom. The highest BCUT2D eigenvalue weighted by molar-refractivity contribution is 5.86. The summed E-state index contributed by atoms with van der Waals surface area (Å²) in [5.74, 6) is -0.266. The second-order valence-electron chi connectivity index (χ2n) is 6.83. The van der Waals surface area contributed by atoms with Crippen LogP contribution in [-0.2, 0) is 16.6 Å². The summed E-state index contributed by atoms with van der Waals surface area (Å²) in [7, 11) is 3.58. The minimum absolute atomic E-state index is 0. The lowest BCUT2D eigenvalue weighted by Crippen LogP contribution is -2.52. The van der Waals surface area contributed by atoms with Gasteiger partial charge in [-0.25, -0.2) is 0 Å². The summed E-state index contributed by atoms with van der Waals surface area (Å²) in [6.45, 7) is 4.51. The predicted octanol–water partition coefficient (Wildman–Crippen LogP) is 1.81. The van der Waals surface area contributed by atoms with E-state index < -0.39 is 0 Å². The Morgan fingerprint density at radius 3 is 2.46 bits per heavy atom. The quantitative estimate of drug-likeness (QED) is 0.751. The zero-order valence-corrected chi connectivity index (χ0v) is 17.5. The minimum Gasteiger partial charge on any atom is -0.354 e. The van der Waals surface area contributed by atoms with Crippen molar-refractivity contribution in [3.8, 4) is 0 Å². The van der Waals surface area contributed by atoms with E-state index in [1.165, 1.54) is 0 Å². The number of likely N-dealkylation sites (tertiary alicyclic amines) is 1. The average Bonchev–Trinajstić information content (AvgIpc) is 3.00. The van der Waals surface area contributed by atoms with Crippen molar-refractivity contribution < 1.29 is 9.59 Å². The highest BCUT2D eigenvalue weighted by atomic mass is 35.5. The number of nitrogens with zero attached hydrogens (tertiary/aromatic N) is 3. The fourth-order valence-corrected chi connectivity index (χ4v) is 3.26. The fraction of sp³-hybridized carbons (Fsp3) is 0.706. The van der Waals surface area contributed by atoms with Crippen molar-refractivity contribution >= 4 is 36.6 Å². The SMILES string of the molecule is CCC(N)(CC)CNC(=O)C1CCC(=O)N(C)C1c1cnn(C)c1.Cl.Cl. The molecule has 1 saturated heterocycles. The molecule has 0 aromatic carbocycles. The predicted molar refractivity (Wildman–Crippen MR) is 106 cm³/mol. The van der Waals surface area contributed by atoms with E-state index in [0.717, 1.165) is 18.4 Å². The van der Waals surface area contributed by atoms with Crippen LogP contribution in [0.1, 0.15) is 51.1 Å². The number of carbonyl (C=O) groups excluding carboxylic acids is 2. The first-order chi connectivity index (χ1) is 11.3. The first-order valence-corrected chi connectivity index (χ1v) is 8.62. The Labute approximate surface area is 167 Å². The van der Waals surface area contributed by atoms with E-state index >= 15 is 0 Å². The van der Waals surface area contributed by atoms with Gasteiger partial charge in [-0.1, -0.05) is 13.8 Å². The number of hydrogen-bond acceptors (Lipinski definition) is 4. The molecule has 0 spiro atoms. The summed E-state index contributed by atoms with van der Waals surface area (Å²) in [5, 5.41) is 7.19. The largest absolute Gasteiger partial charge is 0.354 e. The molecule has 2 amide bonds. The second kappa shape index (κ2) is 10.1. The molecule has 1 aliphatic heterocycles. The van der Waals surface area contributed by atoms with Crippen LogP contribution >= 0.6 is 24.8 Å². The van der Waals surface area contributed by atoms with Crippen LogP contribution in [-0.4, -0.2) is 45.6 Å². The molecule has 9 heteroatoms. The number of nitrogens with one attached hydrogen (secondary N) is 1. The number of carbonyl (C=O) groups is 2. The molecule has 1 aliphatic rings. The molecule has 2 rings (SSSR count). The summed E-state index contributed by atoms with van der Waals surface area (Å²) in [5.41, 5.74) is 6.79. The maximum absolute atomic E-state index is 12.8. The summed E-state index contributed by atoms with van der Waals surface area (Å²) in [6.07, 6.45) is 6.14. The van der Waals surface area contributed by atoms with Crippen LogP contribution in [0, 0.1) is 5.92 Å². The fourth-order valence-electron chi connectivity index (χ4n) is 3.26. The molecule has 0 bridgehead atoms. The number of rotatable bonds is 6. The molecule has 1 fully saturated rings. The van der Waals surface area contributed by atoms with Gasteiger partial charge in [0.1, 0.15) is 0 Å².